The van der Waals surface area contributed by atoms with E-state index in [0.29, 0.717) is 12.3 Å². The van der Waals surface area contributed by atoms with Crippen molar-refractivity contribution in [1.82, 2.24) is 9.29 Å². The maximum atomic E-state index is 12.8. The first-order valence-electron chi connectivity index (χ1n) is 7.26. The molecule has 1 aromatic heterocycles. The fraction of sp³-hybridized carbons (Fsp3) is 0.643. The van der Waals surface area contributed by atoms with Crippen molar-refractivity contribution in [1.29, 1.82) is 0 Å². The molecule has 1 saturated heterocycles. The molecule has 1 N–H and O–H groups in total. The van der Waals surface area contributed by atoms with E-state index in [-0.39, 0.29) is 17.0 Å². The molecule has 0 aliphatic carbocycles. The summed E-state index contributed by atoms with van der Waals surface area (Å²) in [6.07, 6.45) is 4.55. The molecule has 21 heavy (non-hydrogen) atoms. The zero-order chi connectivity index (χ0) is 15.5. The van der Waals surface area contributed by atoms with Crippen LogP contribution in [-0.2, 0) is 14.8 Å². The molecule has 0 bridgehead atoms. The molecule has 0 spiro atoms. The predicted molar refractivity (Wildman–Crippen MR) is 81.8 cm³/mol. The Kier molecular flexibility index (Phi) is 5.18. The van der Waals surface area contributed by atoms with Crippen LogP contribution in [0.2, 0.25) is 0 Å². The summed E-state index contributed by atoms with van der Waals surface area (Å²) in [7, 11) is -1.98. The lowest BCUT2D eigenvalue weighted by Gasteiger charge is -2.26. The van der Waals surface area contributed by atoms with E-state index in [9.17, 15) is 8.42 Å². The topological polar surface area (TPSA) is 71.5 Å². The first-order chi connectivity index (χ1) is 9.98. The van der Waals surface area contributed by atoms with Gasteiger partial charge in [0, 0.05) is 32.6 Å². The van der Waals surface area contributed by atoms with Crippen LogP contribution in [0.1, 0.15) is 26.7 Å². The molecule has 0 aromatic carbocycles. The number of rotatable bonds is 6. The first kappa shape index (κ1) is 16.2. The SMILES string of the molecule is CCCNc1ccncc1S(=O)(=O)N(C)C1CCOC1C. The number of nitrogens with zero attached hydrogens (tertiary/aromatic N) is 2. The van der Waals surface area contributed by atoms with Crippen molar-refractivity contribution in [3.05, 3.63) is 18.5 Å². The van der Waals surface area contributed by atoms with E-state index in [0.717, 1.165) is 19.4 Å². The number of anilines is 1. The summed E-state index contributed by atoms with van der Waals surface area (Å²) in [5, 5.41) is 3.15. The lowest BCUT2D eigenvalue weighted by Crippen LogP contribution is -2.41. The van der Waals surface area contributed by atoms with Gasteiger partial charge in [-0.05, 0) is 25.8 Å². The summed E-state index contributed by atoms with van der Waals surface area (Å²) in [5.74, 6) is 0. The molecule has 7 heteroatoms. The highest BCUT2D eigenvalue weighted by atomic mass is 32.2. The van der Waals surface area contributed by atoms with Gasteiger partial charge in [0.25, 0.3) is 0 Å². The van der Waals surface area contributed by atoms with Crippen molar-refractivity contribution in [3.8, 4) is 0 Å². The molecular formula is C14H23N3O3S. The molecule has 6 nitrogen and oxygen atoms in total. The van der Waals surface area contributed by atoms with Crippen molar-refractivity contribution < 1.29 is 13.2 Å². The molecule has 2 atom stereocenters. The third kappa shape index (κ3) is 3.36. The van der Waals surface area contributed by atoms with Gasteiger partial charge in [-0.2, -0.15) is 4.31 Å². The van der Waals surface area contributed by atoms with Crippen LogP contribution in [-0.4, -0.2) is 50.1 Å². The van der Waals surface area contributed by atoms with Crippen molar-refractivity contribution in [2.24, 2.45) is 0 Å². The molecule has 1 fully saturated rings. The first-order valence-corrected chi connectivity index (χ1v) is 8.70. The minimum absolute atomic E-state index is 0.0894. The van der Waals surface area contributed by atoms with Crippen LogP contribution in [0.3, 0.4) is 0 Å². The molecule has 0 amide bonds. The van der Waals surface area contributed by atoms with Crippen molar-refractivity contribution in [2.45, 2.75) is 43.7 Å². The van der Waals surface area contributed by atoms with E-state index >= 15 is 0 Å². The lowest BCUT2D eigenvalue weighted by atomic mass is 10.2. The standard InChI is InChI=1S/C14H23N3O3S/c1-4-7-16-12-5-8-15-10-14(12)21(18,19)17(3)13-6-9-20-11(13)2/h5,8,10-11,13H,4,6-7,9H2,1-3H3,(H,15,16). The molecule has 1 aliphatic rings. The van der Waals surface area contributed by atoms with E-state index in [1.165, 1.54) is 10.5 Å². The van der Waals surface area contributed by atoms with Crippen LogP contribution >= 0.6 is 0 Å². The smallest absolute Gasteiger partial charge is 0.246 e. The lowest BCUT2D eigenvalue weighted by molar-refractivity contribution is 0.102. The van der Waals surface area contributed by atoms with E-state index in [1.807, 2.05) is 13.8 Å². The van der Waals surface area contributed by atoms with Gasteiger partial charge in [0.1, 0.15) is 4.90 Å². The average molecular weight is 313 g/mol. The quantitative estimate of drug-likeness (QED) is 0.865. The maximum absolute atomic E-state index is 12.8. The Bertz CT molecular complexity index is 577. The third-order valence-corrected chi connectivity index (χ3v) is 5.72. The Morgan fingerprint density at radius 3 is 2.90 bits per heavy atom. The zero-order valence-electron chi connectivity index (χ0n) is 12.7. The van der Waals surface area contributed by atoms with Crippen LogP contribution in [0.15, 0.2) is 23.4 Å². The summed E-state index contributed by atoms with van der Waals surface area (Å²) in [6, 6.07) is 1.57. The summed E-state index contributed by atoms with van der Waals surface area (Å²) < 4.78 is 32.6. The number of sulfonamides is 1. The van der Waals surface area contributed by atoms with Crippen LogP contribution in [0, 0.1) is 0 Å². The van der Waals surface area contributed by atoms with E-state index < -0.39 is 10.0 Å². The minimum Gasteiger partial charge on any atom is -0.384 e. The van der Waals surface area contributed by atoms with Gasteiger partial charge in [0.15, 0.2) is 0 Å². The molecule has 2 rings (SSSR count). The zero-order valence-corrected chi connectivity index (χ0v) is 13.6. The highest BCUT2D eigenvalue weighted by Crippen LogP contribution is 2.28. The fourth-order valence-electron chi connectivity index (χ4n) is 2.52. The Morgan fingerprint density at radius 2 is 2.29 bits per heavy atom. The van der Waals surface area contributed by atoms with Crippen LogP contribution < -0.4 is 5.32 Å². The highest BCUT2D eigenvalue weighted by Gasteiger charge is 2.36. The van der Waals surface area contributed by atoms with Gasteiger partial charge in [-0.15, -0.1) is 0 Å². The second kappa shape index (κ2) is 6.72. The Morgan fingerprint density at radius 1 is 1.52 bits per heavy atom. The maximum Gasteiger partial charge on any atom is 0.246 e. The molecule has 2 unspecified atom stereocenters. The molecule has 1 aliphatic heterocycles. The van der Waals surface area contributed by atoms with E-state index in [1.54, 1.807) is 19.3 Å². The van der Waals surface area contributed by atoms with Gasteiger partial charge in [-0.3, -0.25) is 4.98 Å². The Balaban J connectivity index is 2.30. The summed E-state index contributed by atoms with van der Waals surface area (Å²) in [4.78, 5) is 4.19. The average Bonchev–Trinajstić information content (AvgIpc) is 2.90. The predicted octanol–water partition coefficient (Wildman–Crippen LogP) is 1.70. The number of aromatic nitrogens is 1. The van der Waals surface area contributed by atoms with E-state index in [4.69, 9.17) is 4.74 Å². The Labute approximate surface area is 126 Å². The molecule has 0 radical (unpaired) electrons. The van der Waals surface area contributed by atoms with Crippen LogP contribution in [0.25, 0.3) is 0 Å². The fourth-order valence-corrected chi connectivity index (χ4v) is 4.08. The van der Waals surface area contributed by atoms with E-state index in [2.05, 4.69) is 10.3 Å². The minimum atomic E-state index is -3.59. The molecule has 1 aromatic rings. The van der Waals surface area contributed by atoms with Gasteiger partial charge in [-0.1, -0.05) is 6.92 Å². The normalized spacial score (nSPS) is 22.7. The van der Waals surface area contributed by atoms with Crippen molar-refractivity contribution in [2.75, 3.05) is 25.5 Å². The summed E-state index contributed by atoms with van der Waals surface area (Å²) in [6.45, 7) is 5.26. The number of hydrogen-bond acceptors (Lipinski definition) is 5. The van der Waals surface area contributed by atoms with Crippen LogP contribution in [0.5, 0.6) is 0 Å². The van der Waals surface area contributed by atoms with Crippen molar-refractivity contribution in [3.63, 3.8) is 0 Å². The number of likely N-dealkylation sites (N-methyl/N-ethyl adjacent to an activating group) is 1. The molecular weight excluding hydrogens is 290 g/mol. The van der Waals surface area contributed by atoms with Gasteiger partial charge >= 0.3 is 0 Å². The number of nitrogens with one attached hydrogen (secondary N) is 1. The van der Waals surface area contributed by atoms with Gasteiger partial charge < -0.3 is 10.1 Å². The molecule has 0 saturated carbocycles. The number of pyridine rings is 1. The van der Waals surface area contributed by atoms with Gasteiger partial charge in [0.2, 0.25) is 10.0 Å². The third-order valence-electron chi connectivity index (χ3n) is 3.81. The van der Waals surface area contributed by atoms with Crippen LogP contribution in [0.4, 0.5) is 5.69 Å². The number of ether oxygens (including phenoxy) is 1. The summed E-state index contributed by atoms with van der Waals surface area (Å²) >= 11 is 0. The van der Waals surface area contributed by atoms with Gasteiger partial charge in [0.05, 0.1) is 17.8 Å². The monoisotopic (exact) mass is 313 g/mol. The summed E-state index contributed by atoms with van der Waals surface area (Å²) in [5.41, 5.74) is 0.602. The molecule has 2 heterocycles. The second-order valence-electron chi connectivity index (χ2n) is 5.25. The highest BCUT2D eigenvalue weighted by molar-refractivity contribution is 7.89. The largest absolute Gasteiger partial charge is 0.384 e. The molecule has 118 valence electrons. The Hall–Kier alpha value is -1.18. The van der Waals surface area contributed by atoms with Crippen molar-refractivity contribution >= 4 is 15.7 Å². The van der Waals surface area contributed by atoms with Gasteiger partial charge in [-0.25, -0.2) is 8.42 Å². The second-order valence-corrected chi connectivity index (χ2v) is 7.22. The number of hydrogen-bond donors (Lipinski definition) is 1.